The van der Waals surface area contributed by atoms with Crippen molar-refractivity contribution in [1.29, 1.82) is 0 Å². The fourth-order valence-electron chi connectivity index (χ4n) is 2.69. The predicted molar refractivity (Wildman–Crippen MR) is 92.2 cm³/mol. The van der Waals surface area contributed by atoms with Crippen LogP contribution in [0.2, 0.25) is 5.02 Å². The molecule has 3 rings (SSSR count). The van der Waals surface area contributed by atoms with E-state index in [2.05, 4.69) is 14.9 Å². The van der Waals surface area contributed by atoms with Gasteiger partial charge in [-0.3, -0.25) is 4.79 Å². The van der Waals surface area contributed by atoms with Gasteiger partial charge in [0.2, 0.25) is 0 Å². The Morgan fingerprint density at radius 1 is 1.26 bits per heavy atom. The molecule has 2 aromatic carbocycles. The van der Waals surface area contributed by atoms with Crippen LogP contribution in [0.25, 0.3) is 16.7 Å². The maximum absolute atomic E-state index is 12.1. The Bertz CT molecular complexity index is 870. The van der Waals surface area contributed by atoms with Gasteiger partial charge in [0, 0.05) is 36.2 Å². The number of nitrogens with one attached hydrogen (secondary N) is 2. The molecule has 1 aromatic heterocycles. The molecule has 1 amide bonds. The number of nitrogens with zero attached hydrogens (tertiary/aromatic N) is 1. The number of aryl methyl sites for hydroxylation is 1. The number of fused-ring (bicyclic) bond motifs is 1. The molecule has 0 aliphatic rings. The highest BCUT2D eigenvalue weighted by atomic mass is 35.5. The lowest BCUT2D eigenvalue weighted by atomic mass is 10.2. The highest BCUT2D eigenvalue weighted by molar-refractivity contribution is 6.30. The molecule has 0 atom stereocenters. The van der Waals surface area contributed by atoms with Gasteiger partial charge in [-0.2, -0.15) is 4.57 Å². The van der Waals surface area contributed by atoms with E-state index in [1.165, 1.54) is 0 Å². The topological polar surface area (TPSA) is 48.8 Å². The molecule has 0 bridgehead atoms. The summed E-state index contributed by atoms with van der Waals surface area (Å²) in [5, 5.41) is 3.59. The van der Waals surface area contributed by atoms with Crippen LogP contribution in [0, 0.1) is 6.92 Å². The van der Waals surface area contributed by atoms with E-state index >= 15 is 0 Å². The predicted octanol–water partition coefficient (Wildman–Crippen LogP) is 3.55. The summed E-state index contributed by atoms with van der Waals surface area (Å²) in [5.41, 5.74) is 3.58. The minimum atomic E-state index is -0.0460. The molecule has 3 aromatic rings. The monoisotopic (exact) mass is 328 g/mol. The molecule has 0 saturated heterocycles. The first kappa shape index (κ1) is 15.6. The molecule has 0 radical (unpaired) electrons. The normalized spacial score (nSPS) is 10.9. The second-order valence-electron chi connectivity index (χ2n) is 5.51. The number of carbonyl (C=O) groups excluding carboxylic acids is 1. The molecule has 0 spiro atoms. The highest BCUT2D eigenvalue weighted by Gasteiger charge is 2.18. The van der Waals surface area contributed by atoms with Crippen molar-refractivity contribution in [2.24, 2.45) is 0 Å². The Morgan fingerprint density at radius 3 is 2.83 bits per heavy atom. The summed E-state index contributed by atoms with van der Waals surface area (Å²) in [7, 11) is 0. The lowest BCUT2D eigenvalue weighted by Crippen LogP contribution is -2.32. The number of carbonyl (C=O) groups is 1. The maximum atomic E-state index is 12.1. The Kier molecular flexibility index (Phi) is 4.35. The molecule has 23 heavy (non-hydrogen) atoms. The Morgan fingerprint density at radius 2 is 2.09 bits per heavy atom. The van der Waals surface area contributed by atoms with Crippen LogP contribution in [0.5, 0.6) is 0 Å². The highest BCUT2D eigenvalue weighted by Crippen LogP contribution is 2.17. The maximum Gasteiger partial charge on any atom is 0.257 e. The Hall–Kier alpha value is -2.33. The first-order chi connectivity index (χ1) is 11.1. The Labute approximate surface area is 140 Å². The quantitative estimate of drug-likeness (QED) is 0.707. The molecule has 0 fully saturated rings. The molecular formula is C18H19ClN3O+. The van der Waals surface area contributed by atoms with Crippen LogP contribution in [0.3, 0.4) is 0 Å². The summed E-state index contributed by atoms with van der Waals surface area (Å²) in [5.74, 6) is 0.934. The number of imidazole rings is 1. The van der Waals surface area contributed by atoms with E-state index in [9.17, 15) is 4.79 Å². The second kappa shape index (κ2) is 6.42. The smallest absolute Gasteiger partial charge is 0.257 e. The SMILES string of the molecule is CCCNC(=O)c1ccc2c(c1)[nH]c(C)[n+]2-c1cccc(Cl)c1. The van der Waals surface area contributed by atoms with Gasteiger partial charge in [-0.25, -0.2) is 4.98 Å². The minimum absolute atomic E-state index is 0.0460. The second-order valence-corrected chi connectivity index (χ2v) is 5.95. The van der Waals surface area contributed by atoms with Crippen LogP contribution < -0.4 is 9.88 Å². The fraction of sp³-hybridized carbons (Fsp3) is 0.222. The number of aromatic nitrogens is 2. The third-order valence-electron chi connectivity index (χ3n) is 3.75. The van der Waals surface area contributed by atoms with E-state index in [1.54, 1.807) is 0 Å². The third-order valence-corrected chi connectivity index (χ3v) is 3.99. The molecule has 1 heterocycles. The number of aromatic amines is 1. The van der Waals surface area contributed by atoms with Gasteiger partial charge in [-0.05, 0) is 30.7 Å². The zero-order valence-corrected chi connectivity index (χ0v) is 13.9. The van der Waals surface area contributed by atoms with Crippen molar-refractivity contribution < 1.29 is 9.36 Å². The number of rotatable bonds is 4. The standard InChI is InChI=1S/C18H18ClN3O/c1-3-9-20-18(23)13-7-8-17-16(10-13)21-12(2)22(17)15-6-4-5-14(19)11-15/h4-8,10-11H,3,9H2,1-2H3,(H,20,23)/p+1. The minimum Gasteiger partial charge on any atom is -0.352 e. The number of amides is 1. The van der Waals surface area contributed by atoms with Crippen molar-refractivity contribution in [1.82, 2.24) is 10.3 Å². The van der Waals surface area contributed by atoms with Crippen molar-refractivity contribution in [2.75, 3.05) is 6.54 Å². The van der Waals surface area contributed by atoms with Gasteiger partial charge in [0.15, 0.2) is 11.0 Å². The number of benzene rings is 2. The van der Waals surface area contributed by atoms with Crippen LogP contribution in [0.15, 0.2) is 42.5 Å². The third kappa shape index (κ3) is 3.08. The summed E-state index contributed by atoms with van der Waals surface area (Å²) in [6, 6.07) is 13.4. The number of H-pyrrole nitrogens is 1. The van der Waals surface area contributed by atoms with Gasteiger partial charge in [0.25, 0.3) is 11.7 Å². The van der Waals surface area contributed by atoms with E-state index in [4.69, 9.17) is 11.6 Å². The van der Waals surface area contributed by atoms with Crippen molar-refractivity contribution in [2.45, 2.75) is 20.3 Å². The van der Waals surface area contributed by atoms with Crippen molar-refractivity contribution in [3.05, 3.63) is 58.9 Å². The summed E-state index contributed by atoms with van der Waals surface area (Å²) in [4.78, 5) is 15.4. The van der Waals surface area contributed by atoms with Gasteiger partial charge >= 0.3 is 0 Å². The zero-order valence-electron chi connectivity index (χ0n) is 13.2. The molecule has 5 heteroatoms. The molecule has 0 unspecified atom stereocenters. The van der Waals surface area contributed by atoms with Crippen molar-refractivity contribution >= 4 is 28.5 Å². The van der Waals surface area contributed by atoms with Crippen LogP contribution in [-0.2, 0) is 0 Å². The van der Waals surface area contributed by atoms with Crippen molar-refractivity contribution in [3.63, 3.8) is 0 Å². The van der Waals surface area contributed by atoms with Crippen LogP contribution in [0.1, 0.15) is 29.5 Å². The van der Waals surface area contributed by atoms with Gasteiger partial charge in [-0.15, -0.1) is 0 Å². The van der Waals surface area contributed by atoms with E-state index < -0.39 is 0 Å². The average molecular weight is 329 g/mol. The lowest BCUT2D eigenvalue weighted by molar-refractivity contribution is -0.574. The molecule has 4 nitrogen and oxygen atoms in total. The molecular weight excluding hydrogens is 310 g/mol. The summed E-state index contributed by atoms with van der Waals surface area (Å²) < 4.78 is 2.09. The van der Waals surface area contributed by atoms with Gasteiger partial charge in [-0.1, -0.05) is 24.6 Å². The average Bonchev–Trinajstić information content (AvgIpc) is 2.87. The lowest BCUT2D eigenvalue weighted by Gasteiger charge is -2.03. The van der Waals surface area contributed by atoms with E-state index in [1.807, 2.05) is 56.3 Å². The van der Waals surface area contributed by atoms with Crippen LogP contribution in [-0.4, -0.2) is 17.4 Å². The van der Waals surface area contributed by atoms with E-state index in [0.717, 1.165) is 29.0 Å². The molecule has 2 N–H and O–H groups in total. The summed E-state index contributed by atoms with van der Waals surface area (Å²) >= 11 is 6.10. The van der Waals surface area contributed by atoms with Crippen molar-refractivity contribution in [3.8, 4) is 5.69 Å². The number of hydrogen-bond acceptors (Lipinski definition) is 1. The summed E-state index contributed by atoms with van der Waals surface area (Å²) in [6.45, 7) is 4.71. The summed E-state index contributed by atoms with van der Waals surface area (Å²) in [6.07, 6.45) is 0.921. The molecule has 0 saturated carbocycles. The van der Waals surface area contributed by atoms with Crippen LogP contribution >= 0.6 is 11.6 Å². The number of hydrogen-bond donors (Lipinski definition) is 2. The molecule has 0 aliphatic carbocycles. The first-order valence-corrected chi connectivity index (χ1v) is 8.06. The van der Waals surface area contributed by atoms with Gasteiger partial charge in [0.1, 0.15) is 5.69 Å². The van der Waals surface area contributed by atoms with E-state index in [0.29, 0.717) is 17.1 Å². The molecule has 118 valence electrons. The first-order valence-electron chi connectivity index (χ1n) is 7.68. The Balaban J connectivity index is 2.05. The zero-order chi connectivity index (χ0) is 16.4. The van der Waals surface area contributed by atoms with Gasteiger partial charge < -0.3 is 5.32 Å². The van der Waals surface area contributed by atoms with Crippen LogP contribution in [0.4, 0.5) is 0 Å². The number of halogens is 1. The molecule has 0 aliphatic heterocycles. The van der Waals surface area contributed by atoms with Gasteiger partial charge in [0.05, 0.1) is 0 Å². The van der Waals surface area contributed by atoms with E-state index in [-0.39, 0.29) is 5.91 Å². The fourth-order valence-corrected chi connectivity index (χ4v) is 2.88. The largest absolute Gasteiger partial charge is 0.352 e.